The lowest BCUT2D eigenvalue weighted by molar-refractivity contribution is -0.526. The highest BCUT2D eigenvalue weighted by atomic mass is 16.6. The van der Waals surface area contributed by atoms with Crippen molar-refractivity contribution in [3.05, 3.63) is 81.9 Å². The van der Waals surface area contributed by atoms with Crippen molar-refractivity contribution < 1.29 is 14.8 Å². The van der Waals surface area contributed by atoms with Crippen LogP contribution in [0.5, 0.6) is 0 Å². The van der Waals surface area contributed by atoms with Crippen LogP contribution < -0.4 is 0 Å². The molecule has 0 fully saturated rings. The number of nitrogens with zero attached hydrogens (tertiary/aromatic N) is 1. The summed E-state index contributed by atoms with van der Waals surface area (Å²) < 4.78 is 0. The fraction of sp³-hybridized carbons (Fsp3) is 0.350. The molecule has 0 aliphatic rings. The molecule has 0 radical (unpaired) electrons. The molecule has 0 amide bonds. The van der Waals surface area contributed by atoms with Crippen molar-refractivity contribution in [2.75, 3.05) is 0 Å². The van der Waals surface area contributed by atoms with Gasteiger partial charge in [-0.1, -0.05) is 60.7 Å². The molecule has 0 bridgehead atoms. The van der Waals surface area contributed by atoms with Crippen LogP contribution in [0, 0.1) is 10.1 Å². The summed E-state index contributed by atoms with van der Waals surface area (Å²) in [4.78, 5) is 23.8. The van der Waals surface area contributed by atoms with Gasteiger partial charge in [0.1, 0.15) is 0 Å². The van der Waals surface area contributed by atoms with Gasteiger partial charge in [0.2, 0.25) is 6.04 Å². The molecule has 5 heteroatoms. The van der Waals surface area contributed by atoms with Crippen molar-refractivity contribution in [2.24, 2.45) is 0 Å². The second kappa shape index (κ2) is 8.03. The lowest BCUT2D eigenvalue weighted by atomic mass is 9.80. The van der Waals surface area contributed by atoms with E-state index < -0.39 is 22.5 Å². The molecule has 5 nitrogen and oxygen atoms in total. The fourth-order valence-electron chi connectivity index (χ4n) is 3.01. The van der Waals surface area contributed by atoms with Crippen LogP contribution in [0.2, 0.25) is 0 Å². The first kappa shape index (κ1) is 18.8. The van der Waals surface area contributed by atoms with Crippen LogP contribution in [0.4, 0.5) is 0 Å². The standard InChI is InChI=1S/C20H23NO4/c1-20(2,23)14-17(15-9-5-3-6-10-15)18(21(24)25)13-19(22)16-11-7-4-8-12-16/h3-12,17-18,23H,13-14H2,1-2H3/t17-,18+/m1/s1. The second-order valence-electron chi connectivity index (χ2n) is 6.88. The number of Topliss-reactive ketones (excluding diaryl/α,β-unsaturated/α-hetero) is 1. The molecule has 2 atom stereocenters. The van der Waals surface area contributed by atoms with Gasteiger partial charge in [-0.3, -0.25) is 14.9 Å². The zero-order chi connectivity index (χ0) is 18.4. The van der Waals surface area contributed by atoms with Crippen LogP contribution in [0.3, 0.4) is 0 Å². The van der Waals surface area contributed by atoms with Crippen LogP contribution in [-0.2, 0) is 0 Å². The Morgan fingerprint density at radius 3 is 2.08 bits per heavy atom. The number of carbonyl (C=O) groups is 1. The van der Waals surface area contributed by atoms with Crippen molar-refractivity contribution >= 4 is 5.78 Å². The van der Waals surface area contributed by atoms with Crippen molar-refractivity contribution in [1.82, 2.24) is 0 Å². The Balaban J connectivity index is 2.32. The quantitative estimate of drug-likeness (QED) is 0.449. The van der Waals surface area contributed by atoms with E-state index in [0.29, 0.717) is 5.56 Å². The maximum atomic E-state index is 12.5. The average Bonchev–Trinajstić information content (AvgIpc) is 2.58. The normalized spacial score (nSPS) is 13.9. The number of ketones is 1. The third kappa shape index (κ3) is 5.50. The van der Waals surface area contributed by atoms with E-state index in [2.05, 4.69) is 0 Å². The highest BCUT2D eigenvalue weighted by Crippen LogP contribution is 2.32. The van der Waals surface area contributed by atoms with Crippen molar-refractivity contribution in [2.45, 2.75) is 44.2 Å². The molecule has 0 saturated carbocycles. The van der Waals surface area contributed by atoms with E-state index in [1.807, 2.05) is 18.2 Å². The molecule has 0 unspecified atom stereocenters. The Labute approximate surface area is 147 Å². The SMILES string of the molecule is CC(C)(O)C[C@H](c1ccccc1)[C@H](CC(=O)c1ccccc1)[N+](=O)[O-]. The Kier molecular flexibility index (Phi) is 6.04. The molecule has 132 valence electrons. The monoisotopic (exact) mass is 341 g/mol. The Morgan fingerprint density at radius 1 is 1.08 bits per heavy atom. The topological polar surface area (TPSA) is 80.4 Å². The molecule has 25 heavy (non-hydrogen) atoms. The molecule has 0 aliphatic carbocycles. The van der Waals surface area contributed by atoms with Crippen LogP contribution in [0.25, 0.3) is 0 Å². The molecule has 1 N–H and O–H groups in total. The lowest BCUT2D eigenvalue weighted by Gasteiger charge is -2.27. The summed E-state index contributed by atoms with van der Waals surface area (Å²) in [6, 6.07) is 16.6. The average molecular weight is 341 g/mol. The van der Waals surface area contributed by atoms with Crippen molar-refractivity contribution in [1.29, 1.82) is 0 Å². The first-order valence-electron chi connectivity index (χ1n) is 8.27. The molecule has 0 saturated heterocycles. The van der Waals surface area contributed by atoms with Gasteiger partial charge in [-0.25, -0.2) is 0 Å². The van der Waals surface area contributed by atoms with E-state index in [-0.39, 0.29) is 18.6 Å². The largest absolute Gasteiger partial charge is 0.390 e. The highest BCUT2D eigenvalue weighted by Gasteiger charge is 2.38. The summed E-state index contributed by atoms with van der Waals surface area (Å²) in [7, 11) is 0. The Morgan fingerprint density at radius 2 is 1.60 bits per heavy atom. The Hall–Kier alpha value is -2.53. The first-order chi connectivity index (χ1) is 11.8. The fourth-order valence-corrected chi connectivity index (χ4v) is 3.01. The zero-order valence-electron chi connectivity index (χ0n) is 14.5. The number of benzene rings is 2. The summed E-state index contributed by atoms with van der Waals surface area (Å²) in [5, 5.41) is 22.0. The number of nitro groups is 1. The molecule has 0 spiro atoms. The third-order valence-electron chi connectivity index (χ3n) is 4.17. The maximum absolute atomic E-state index is 12.5. The lowest BCUT2D eigenvalue weighted by Crippen LogP contribution is -2.35. The van der Waals surface area contributed by atoms with Crippen LogP contribution in [-0.4, -0.2) is 27.5 Å². The molecular formula is C20H23NO4. The first-order valence-corrected chi connectivity index (χ1v) is 8.27. The number of aliphatic hydroxyl groups is 1. The maximum Gasteiger partial charge on any atom is 0.227 e. The number of rotatable bonds is 8. The van der Waals surface area contributed by atoms with Gasteiger partial charge in [0.25, 0.3) is 0 Å². The van der Waals surface area contributed by atoms with Gasteiger partial charge in [0.15, 0.2) is 5.78 Å². The Bertz CT molecular complexity index is 707. The van der Waals surface area contributed by atoms with Gasteiger partial charge < -0.3 is 5.11 Å². The predicted octanol–water partition coefficient (Wildman–Crippen LogP) is 3.85. The minimum absolute atomic E-state index is 0.199. The summed E-state index contributed by atoms with van der Waals surface area (Å²) in [6.45, 7) is 3.25. The zero-order valence-corrected chi connectivity index (χ0v) is 14.5. The van der Waals surface area contributed by atoms with Gasteiger partial charge in [-0.2, -0.15) is 0 Å². The van der Waals surface area contributed by atoms with Gasteiger partial charge >= 0.3 is 0 Å². The van der Waals surface area contributed by atoms with E-state index in [4.69, 9.17) is 0 Å². The van der Waals surface area contributed by atoms with Crippen molar-refractivity contribution in [3.63, 3.8) is 0 Å². The molecule has 0 aliphatic heterocycles. The second-order valence-corrected chi connectivity index (χ2v) is 6.88. The minimum Gasteiger partial charge on any atom is -0.390 e. The molecule has 0 heterocycles. The van der Waals surface area contributed by atoms with E-state index >= 15 is 0 Å². The van der Waals surface area contributed by atoms with Gasteiger partial charge in [-0.05, 0) is 25.8 Å². The number of hydrogen-bond acceptors (Lipinski definition) is 4. The number of carbonyl (C=O) groups excluding carboxylic acids is 1. The predicted molar refractivity (Wildman–Crippen MR) is 96.3 cm³/mol. The summed E-state index contributed by atoms with van der Waals surface area (Å²) in [6.07, 6.45) is -0.00260. The summed E-state index contributed by atoms with van der Waals surface area (Å²) in [5.74, 6) is -0.817. The minimum atomic E-state index is -1.10. The molecule has 2 aromatic rings. The molecule has 2 aromatic carbocycles. The third-order valence-corrected chi connectivity index (χ3v) is 4.17. The van der Waals surface area contributed by atoms with E-state index in [1.54, 1.807) is 56.3 Å². The molecule has 0 aromatic heterocycles. The van der Waals surface area contributed by atoms with Crippen molar-refractivity contribution in [3.8, 4) is 0 Å². The van der Waals surface area contributed by atoms with Crippen LogP contribution in [0.15, 0.2) is 60.7 Å². The summed E-state index contributed by atoms with van der Waals surface area (Å²) in [5.41, 5.74) is 0.140. The molecule has 2 rings (SSSR count). The van der Waals surface area contributed by atoms with E-state index in [1.165, 1.54) is 0 Å². The van der Waals surface area contributed by atoms with Gasteiger partial charge in [0.05, 0.1) is 17.9 Å². The van der Waals surface area contributed by atoms with E-state index in [9.17, 15) is 20.0 Å². The number of hydrogen-bond donors (Lipinski definition) is 1. The van der Waals surface area contributed by atoms with E-state index in [0.717, 1.165) is 5.56 Å². The summed E-state index contributed by atoms with van der Waals surface area (Å²) >= 11 is 0. The highest BCUT2D eigenvalue weighted by molar-refractivity contribution is 5.96. The van der Waals surface area contributed by atoms with Crippen LogP contribution >= 0.6 is 0 Å². The van der Waals surface area contributed by atoms with Gasteiger partial charge in [0, 0.05) is 10.5 Å². The molecular weight excluding hydrogens is 318 g/mol. The smallest absolute Gasteiger partial charge is 0.227 e. The van der Waals surface area contributed by atoms with Gasteiger partial charge in [-0.15, -0.1) is 0 Å². The van der Waals surface area contributed by atoms with Crippen LogP contribution in [0.1, 0.15) is 48.5 Å².